The van der Waals surface area contributed by atoms with Crippen LogP contribution < -0.4 is 16.0 Å². The van der Waals surface area contributed by atoms with Crippen molar-refractivity contribution in [3.8, 4) is 5.75 Å². The third-order valence-electron chi connectivity index (χ3n) is 9.58. The van der Waals surface area contributed by atoms with Crippen LogP contribution in [0.4, 0.5) is 0 Å². The number of pyridine rings is 1. The van der Waals surface area contributed by atoms with Gasteiger partial charge < -0.3 is 14.2 Å². The first-order valence-electron chi connectivity index (χ1n) is 16.5. The fourth-order valence-corrected chi connectivity index (χ4v) is 6.91. The number of benzene rings is 1. The number of hydrogen-bond donors (Lipinski definition) is 0. The Bertz CT molecular complexity index is 1650. The molecule has 0 spiro atoms. The Morgan fingerprint density at radius 2 is 1.91 bits per heavy atom. The second-order valence-corrected chi connectivity index (χ2v) is 13.2. The van der Waals surface area contributed by atoms with Crippen molar-refractivity contribution in [1.29, 1.82) is 0 Å². The molecule has 3 heterocycles. The minimum atomic E-state index is -0.287. The number of aromatic nitrogens is 3. The van der Waals surface area contributed by atoms with E-state index >= 15 is 0 Å². The van der Waals surface area contributed by atoms with Crippen molar-refractivity contribution < 1.29 is 14.2 Å². The molecule has 2 aromatic heterocycles. The number of halogens is 1. The largest absolute Gasteiger partial charge is 0.489 e. The standard InChI is InChI=1S/C36H44ClN3O5/c1-4-39-31-21-29(34-24(3)18-28(22-38-34)45-32-14-9-23(32)2)26(19-25-10-12-27(37)13-11-25)20-30(31)35(41)40(36(39)42)15-7-17-44-33-8-5-6-16-43-33/h10-13,18,21-23,26,32-33H,4-9,14-17,19-20H2,1-3H3. The summed E-state index contributed by atoms with van der Waals surface area (Å²) in [4.78, 5) is 32.6. The molecule has 9 heteroatoms. The fourth-order valence-electron chi connectivity index (χ4n) is 6.78. The molecule has 0 amide bonds. The Morgan fingerprint density at radius 1 is 1.09 bits per heavy atom. The van der Waals surface area contributed by atoms with Crippen molar-refractivity contribution in [3.05, 3.63) is 90.5 Å². The lowest BCUT2D eigenvalue weighted by Crippen LogP contribution is -2.44. The van der Waals surface area contributed by atoms with Gasteiger partial charge >= 0.3 is 5.69 Å². The smallest absolute Gasteiger partial charge is 0.331 e. The van der Waals surface area contributed by atoms with Gasteiger partial charge in [0.1, 0.15) is 11.9 Å². The van der Waals surface area contributed by atoms with Crippen LogP contribution in [0.3, 0.4) is 0 Å². The maximum Gasteiger partial charge on any atom is 0.331 e. The number of nitrogens with zero attached hydrogens (tertiary/aromatic N) is 3. The highest BCUT2D eigenvalue weighted by molar-refractivity contribution is 6.30. The lowest BCUT2D eigenvalue weighted by atomic mass is 9.79. The molecule has 4 unspecified atom stereocenters. The number of rotatable bonds is 11. The molecule has 1 saturated carbocycles. The Balaban J connectivity index is 1.33. The average Bonchev–Trinajstić information content (AvgIpc) is 3.04. The first kappa shape index (κ1) is 31.8. The summed E-state index contributed by atoms with van der Waals surface area (Å²) >= 11 is 6.20. The van der Waals surface area contributed by atoms with Gasteiger partial charge in [0.15, 0.2) is 6.29 Å². The number of fused-ring (bicyclic) bond motifs is 1. The van der Waals surface area contributed by atoms with Gasteiger partial charge in [-0.05, 0) is 118 Å². The van der Waals surface area contributed by atoms with E-state index in [9.17, 15) is 9.59 Å². The van der Waals surface area contributed by atoms with E-state index in [0.29, 0.717) is 61.2 Å². The topological polar surface area (TPSA) is 84.6 Å². The van der Waals surface area contributed by atoms with Crippen LogP contribution in [0.15, 0.2) is 46.1 Å². The van der Waals surface area contributed by atoms with Gasteiger partial charge in [0.05, 0.1) is 24.2 Å². The molecule has 4 atom stereocenters. The summed E-state index contributed by atoms with van der Waals surface area (Å²) in [6.07, 6.45) is 11.0. The molecule has 1 aliphatic heterocycles. The van der Waals surface area contributed by atoms with Crippen LogP contribution in [0.5, 0.6) is 5.75 Å². The summed E-state index contributed by atoms with van der Waals surface area (Å²) in [5, 5.41) is 0.686. The molecular formula is C36H44ClN3O5. The predicted molar refractivity (Wildman–Crippen MR) is 177 cm³/mol. The van der Waals surface area contributed by atoms with Crippen LogP contribution in [0, 0.1) is 18.8 Å². The van der Waals surface area contributed by atoms with Crippen molar-refractivity contribution in [2.75, 3.05) is 13.2 Å². The van der Waals surface area contributed by atoms with E-state index < -0.39 is 0 Å². The van der Waals surface area contributed by atoms with Crippen LogP contribution in [0.2, 0.25) is 5.02 Å². The summed E-state index contributed by atoms with van der Waals surface area (Å²) in [5.41, 5.74) is 4.89. The average molecular weight is 634 g/mol. The van der Waals surface area contributed by atoms with Gasteiger partial charge in [-0.15, -0.1) is 0 Å². The summed E-state index contributed by atoms with van der Waals surface area (Å²) in [6.45, 7) is 8.14. The van der Waals surface area contributed by atoms with Crippen molar-refractivity contribution >= 4 is 23.3 Å². The number of hydrogen-bond acceptors (Lipinski definition) is 6. The predicted octanol–water partition coefficient (Wildman–Crippen LogP) is 6.45. The maximum atomic E-state index is 14.0. The monoisotopic (exact) mass is 633 g/mol. The minimum absolute atomic E-state index is 0.0148. The molecule has 240 valence electrons. The Morgan fingerprint density at radius 3 is 2.58 bits per heavy atom. The molecule has 2 aliphatic carbocycles. The Labute approximate surface area is 270 Å². The molecule has 6 rings (SSSR count). The van der Waals surface area contributed by atoms with E-state index in [1.165, 1.54) is 11.0 Å². The lowest BCUT2D eigenvalue weighted by molar-refractivity contribution is -0.163. The van der Waals surface area contributed by atoms with Crippen molar-refractivity contribution in [2.24, 2.45) is 11.8 Å². The van der Waals surface area contributed by atoms with E-state index in [2.05, 4.69) is 19.9 Å². The molecule has 1 saturated heterocycles. The van der Waals surface area contributed by atoms with E-state index in [-0.39, 0.29) is 29.6 Å². The second kappa shape index (κ2) is 14.1. The Hall–Kier alpha value is -3.20. The molecule has 3 aromatic rings. The SMILES string of the molecule is CCn1c2c(c(=O)n(CCCOC3CCCCO3)c1=O)CC(Cc1ccc(Cl)cc1)C(c1ncc(OC3CCC3C)cc1C)=C2. The van der Waals surface area contributed by atoms with Gasteiger partial charge in [-0.25, -0.2) is 4.79 Å². The van der Waals surface area contributed by atoms with E-state index in [0.717, 1.165) is 60.4 Å². The highest BCUT2D eigenvalue weighted by atomic mass is 35.5. The molecule has 8 nitrogen and oxygen atoms in total. The molecule has 45 heavy (non-hydrogen) atoms. The van der Waals surface area contributed by atoms with Gasteiger partial charge in [-0.1, -0.05) is 30.7 Å². The zero-order valence-corrected chi connectivity index (χ0v) is 27.4. The molecule has 1 aromatic carbocycles. The summed E-state index contributed by atoms with van der Waals surface area (Å²) in [6, 6.07) is 9.93. The van der Waals surface area contributed by atoms with Crippen molar-refractivity contribution in [2.45, 2.75) is 97.6 Å². The summed E-state index contributed by atoms with van der Waals surface area (Å²) in [5.74, 6) is 1.32. The molecule has 2 fully saturated rings. The number of ether oxygens (including phenoxy) is 3. The first-order valence-corrected chi connectivity index (χ1v) is 16.9. The molecular weight excluding hydrogens is 590 g/mol. The fraction of sp³-hybridized carbons (Fsp3) is 0.528. The highest BCUT2D eigenvalue weighted by Crippen LogP contribution is 2.38. The Kier molecular flexibility index (Phi) is 9.93. The third-order valence-corrected chi connectivity index (χ3v) is 9.83. The molecule has 0 N–H and O–H groups in total. The van der Waals surface area contributed by atoms with Crippen LogP contribution in [0.1, 0.15) is 80.5 Å². The van der Waals surface area contributed by atoms with Crippen LogP contribution >= 0.6 is 11.6 Å². The van der Waals surface area contributed by atoms with Crippen LogP contribution in [-0.2, 0) is 35.4 Å². The maximum absolute atomic E-state index is 14.0. The van der Waals surface area contributed by atoms with E-state index in [1.54, 1.807) is 4.57 Å². The van der Waals surface area contributed by atoms with Crippen LogP contribution in [0.25, 0.3) is 11.6 Å². The summed E-state index contributed by atoms with van der Waals surface area (Å²) in [7, 11) is 0. The van der Waals surface area contributed by atoms with Gasteiger partial charge in [-0.3, -0.25) is 18.9 Å². The van der Waals surface area contributed by atoms with Crippen molar-refractivity contribution in [3.63, 3.8) is 0 Å². The molecule has 3 aliphatic rings. The number of aryl methyl sites for hydroxylation is 1. The molecule has 0 bridgehead atoms. The van der Waals surface area contributed by atoms with Gasteiger partial charge in [-0.2, -0.15) is 0 Å². The van der Waals surface area contributed by atoms with E-state index in [1.807, 2.05) is 43.5 Å². The van der Waals surface area contributed by atoms with Gasteiger partial charge in [0, 0.05) is 30.3 Å². The zero-order chi connectivity index (χ0) is 31.5. The van der Waals surface area contributed by atoms with Crippen LogP contribution in [-0.4, -0.2) is 39.7 Å². The third kappa shape index (κ3) is 6.98. The van der Waals surface area contributed by atoms with Gasteiger partial charge in [0.2, 0.25) is 0 Å². The van der Waals surface area contributed by atoms with E-state index in [4.69, 9.17) is 30.8 Å². The zero-order valence-electron chi connectivity index (χ0n) is 26.6. The lowest BCUT2D eigenvalue weighted by Gasteiger charge is -2.34. The van der Waals surface area contributed by atoms with Gasteiger partial charge in [0.25, 0.3) is 5.56 Å². The number of allylic oxidation sites excluding steroid dienone is 1. The first-order chi connectivity index (χ1) is 21.8. The normalized spacial score (nSPS) is 22.8. The minimum Gasteiger partial charge on any atom is -0.489 e. The summed E-state index contributed by atoms with van der Waals surface area (Å²) < 4.78 is 20.9. The molecule has 0 radical (unpaired) electrons. The second-order valence-electron chi connectivity index (χ2n) is 12.7. The van der Waals surface area contributed by atoms with Crippen molar-refractivity contribution in [1.82, 2.24) is 14.1 Å². The quantitative estimate of drug-likeness (QED) is 0.226. The highest BCUT2D eigenvalue weighted by Gasteiger charge is 2.31.